The number of halogens is 2. The van der Waals surface area contributed by atoms with Crippen molar-refractivity contribution in [3.63, 3.8) is 0 Å². The van der Waals surface area contributed by atoms with Crippen molar-refractivity contribution in [3.05, 3.63) is 0 Å². The second kappa shape index (κ2) is 5.88. The van der Waals surface area contributed by atoms with Crippen LogP contribution in [0, 0.1) is 5.92 Å². The highest BCUT2D eigenvalue weighted by Gasteiger charge is 2.12. The third kappa shape index (κ3) is 5.01. The minimum absolute atomic E-state index is 0.284. The van der Waals surface area contributed by atoms with Gasteiger partial charge in [0.25, 0.3) is 6.43 Å². The predicted octanol–water partition coefficient (Wildman–Crippen LogP) is 0.353. The maximum Gasteiger partial charge on any atom is 0.255 e. The van der Waals surface area contributed by atoms with Gasteiger partial charge < -0.3 is 11.1 Å². The number of hydrogen-bond donors (Lipinski definition) is 2. The molecule has 3 nitrogen and oxygen atoms in total. The van der Waals surface area contributed by atoms with Crippen LogP contribution in [0.4, 0.5) is 8.78 Å². The number of rotatable bonds is 5. The van der Waals surface area contributed by atoms with Gasteiger partial charge >= 0.3 is 0 Å². The second-order valence-electron chi connectivity index (χ2n) is 2.61. The molecule has 0 saturated carbocycles. The van der Waals surface area contributed by atoms with E-state index < -0.39 is 13.0 Å². The van der Waals surface area contributed by atoms with Crippen LogP contribution in [0.1, 0.15) is 13.3 Å². The zero-order valence-corrected chi connectivity index (χ0v) is 7.02. The second-order valence-corrected chi connectivity index (χ2v) is 2.61. The molecule has 0 rings (SSSR count). The van der Waals surface area contributed by atoms with Crippen molar-refractivity contribution in [2.24, 2.45) is 11.7 Å². The molecule has 0 spiro atoms. The SMILES string of the molecule is CC(CCN)C(=O)NCC(F)F. The average Bonchev–Trinajstić information content (AvgIpc) is 2.00. The first-order valence-corrected chi connectivity index (χ1v) is 3.83. The van der Waals surface area contributed by atoms with Gasteiger partial charge in [-0.2, -0.15) is 0 Å². The fourth-order valence-corrected chi connectivity index (χ4v) is 0.733. The fourth-order valence-electron chi connectivity index (χ4n) is 0.733. The highest BCUT2D eigenvalue weighted by Crippen LogP contribution is 1.99. The Morgan fingerprint density at radius 2 is 2.17 bits per heavy atom. The molecule has 5 heteroatoms. The van der Waals surface area contributed by atoms with E-state index in [2.05, 4.69) is 5.32 Å². The molecule has 1 amide bonds. The number of alkyl halides is 2. The summed E-state index contributed by atoms with van der Waals surface area (Å²) in [7, 11) is 0. The van der Waals surface area contributed by atoms with E-state index in [0.29, 0.717) is 13.0 Å². The predicted molar refractivity (Wildman–Crippen MR) is 41.8 cm³/mol. The third-order valence-corrected chi connectivity index (χ3v) is 1.48. The van der Waals surface area contributed by atoms with Crippen molar-refractivity contribution in [1.82, 2.24) is 5.32 Å². The topological polar surface area (TPSA) is 55.1 Å². The number of nitrogens with one attached hydrogen (secondary N) is 1. The van der Waals surface area contributed by atoms with Crippen LogP contribution in [0.25, 0.3) is 0 Å². The van der Waals surface area contributed by atoms with E-state index in [-0.39, 0.29) is 11.8 Å². The Labute approximate surface area is 70.3 Å². The highest BCUT2D eigenvalue weighted by atomic mass is 19.3. The van der Waals surface area contributed by atoms with Crippen molar-refractivity contribution >= 4 is 5.91 Å². The van der Waals surface area contributed by atoms with Crippen molar-refractivity contribution in [2.75, 3.05) is 13.1 Å². The number of carbonyl (C=O) groups is 1. The standard InChI is InChI=1S/C7H14F2N2O/c1-5(2-3-10)7(12)11-4-6(8)9/h5-6H,2-4,10H2,1H3,(H,11,12). The average molecular weight is 180 g/mol. The van der Waals surface area contributed by atoms with Gasteiger partial charge in [0.1, 0.15) is 0 Å². The Morgan fingerprint density at radius 1 is 1.58 bits per heavy atom. The molecule has 0 bridgehead atoms. The summed E-state index contributed by atoms with van der Waals surface area (Å²) < 4.78 is 23.2. The molecule has 1 unspecified atom stereocenters. The van der Waals surface area contributed by atoms with Crippen molar-refractivity contribution in [3.8, 4) is 0 Å². The maximum absolute atomic E-state index is 11.6. The summed E-state index contributed by atoms with van der Waals surface area (Å²) in [5.41, 5.74) is 5.20. The van der Waals surface area contributed by atoms with Gasteiger partial charge in [0, 0.05) is 5.92 Å². The van der Waals surface area contributed by atoms with E-state index in [4.69, 9.17) is 5.73 Å². The van der Waals surface area contributed by atoms with Gasteiger partial charge in [-0.05, 0) is 13.0 Å². The lowest BCUT2D eigenvalue weighted by Crippen LogP contribution is -2.33. The molecule has 0 aliphatic carbocycles. The van der Waals surface area contributed by atoms with Crippen molar-refractivity contribution < 1.29 is 13.6 Å². The molecule has 0 aromatic heterocycles. The molecule has 0 aromatic rings. The minimum atomic E-state index is -2.49. The molecule has 0 aliphatic heterocycles. The van der Waals surface area contributed by atoms with Crippen LogP contribution in [0.15, 0.2) is 0 Å². The molecule has 0 saturated heterocycles. The van der Waals surface area contributed by atoms with Gasteiger partial charge in [0.2, 0.25) is 5.91 Å². The normalized spacial score (nSPS) is 13.1. The Kier molecular flexibility index (Phi) is 5.53. The highest BCUT2D eigenvalue weighted by molar-refractivity contribution is 5.78. The zero-order chi connectivity index (χ0) is 9.56. The van der Waals surface area contributed by atoms with Crippen LogP contribution in [0.3, 0.4) is 0 Å². The van der Waals surface area contributed by atoms with Crippen molar-refractivity contribution in [1.29, 1.82) is 0 Å². The number of hydrogen-bond acceptors (Lipinski definition) is 2. The third-order valence-electron chi connectivity index (χ3n) is 1.48. The zero-order valence-electron chi connectivity index (χ0n) is 7.02. The maximum atomic E-state index is 11.6. The van der Waals surface area contributed by atoms with Gasteiger partial charge in [0.05, 0.1) is 6.54 Å². The molecular weight excluding hydrogens is 166 g/mol. The molecule has 0 heterocycles. The van der Waals surface area contributed by atoms with Crippen LogP contribution in [0.5, 0.6) is 0 Å². The van der Waals surface area contributed by atoms with Gasteiger partial charge in [-0.25, -0.2) is 8.78 Å². The first-order valence-electron chi connectivity index (χ1n) is 3.83. The number of amides is 1. The lowest BCUT2D eigenvalue weighted by Gasteiger charge is -2.09. The van der Waals surface area contributed by atoms with Gasteiger partial charge in [-0.3, -0.25) is 4.79 Å². The van der Waals surface area contributed by atoms with Gasteiger partial charge in [-0.15, -0.1) is 0 Å². The summed E-state index contributed by atoms with van der Waals surface area (Å²) in [6.45, 7) is 1.48. The molecule has 0 fully saturated rings. The Morgan fingerprint density at radius 3 is 2.58 bits per heavy atom. The molecule has 1 atom stereocenters. The number of nitrogens with two attached hydrogens (primary N) is 1. The van der Waals surface area contributed by atoms with E-state index in [1.807, 2.05) is 0 Å². The molecule has 0 aliphatic rings. The van der Waals surface area contributed by atoms with Gasteiger partial charge in [0.15, 0.2) is 0 Å². The molecule has 0 radical (unpaired) electrons. The van der Waals surface area contributed by atoms with Gasteiger partial charge in [-0.1, -0.05) is 6.92 Å². The minimum Gasteiger partial charge on any atom is -0.350 e. The Hall–Kier alpha value is -0.710. The lowest BCUT2D eigenvalue weighted by atomic mass is 10.1. The lowest BCUT2D eigenvalue weighted by molar-refractivity contribution is -0.125. The van der Waals surface area contributed by atoms with E-state index in [1.165, 1.54) is 0 Å². The van der Waals surface area contributed by atoms with Crippen LogP contribution in [-0.2, 0) is 4.79 Å². The first-order chi connectivity index (χ1) is 5.57. The largest absolute Gasteiger partial charge is 0.350 e. The monoisotopic (exact) mass is 180 g/mol. The van der Waals surface area contributed by atoms with Crippen molar-refractivity contribution in [2.45, 2.75) is 19.8 Å². The summed E-state index contributed by atoms with van der Waals surface area (Å²) in [5.74, 6) is -0.644. The smallest absolute Gasteiger partial charge is 0.255 e. The molecule has 3 N–H and O–H groups in total. The van der Waals surface area contributed by atoms with Crippen LogP contribution in [0.2, 0.25) is 0 Å². The molecular formula is C7H14F2N2O. The quantitative estimate of drug-likeness (QED) is 0.641. The van der Waals surface area contributed by atoms with Crippen LogP contribution >= 0.6 is 0 Å². The molecule has 12 heavy (non-hydrogen) atoms. The summed E-state index contributed by atoms with van der Waals surface area (Å²) >= 11 is 0. The summed E-state index contributed by atoms with van der Waals surface area (Å²) in [5, 5.41) is 2.12. The summed E-state index contributed by atoms with van der Waals surface area (Å²) in [4.78, 5) is 10.9. The van der Waals surface area contributed by atoms with Crippen LogP contribution < -0.4 is 11.1 Å². The first kappa shape index (κ1) is 11.3. The van der Waals surface area contributed by atoms with E-state index >= 15 is 0 Å². The van der Waals surface area contributed by atoms with E-state index in [1.54, 1.807) is 6.92 Å². The summed E-state index contributed by atoms with van der Waals surface area (Å²) in [6, 6.07) is 0. The Balaban J connectivity index is 3.57. The number of carbonyl (C=O) groups excluding carboxylic acids is 1. The van der Waals surface area contributed by atoms with E-state index in [9.17, 15) is 13.6 Å². The Bertz CT molecular complexity index is 141. The van der Waals surface area contributed by atoms with Crippen LogP contribution in [-0.4, -0.2) is 25.4 Å². The van der Waals surface area contributed by atoms with E-state index in [0.717, 1.165) is 0 Å². The fraction of sp³-hybridized carbons (Fsp3) is 0.857. The molecule has 0 aromatic carbocycles. The molecule has 72 valence electrons. The summed E-state index contributed by atoms with van der Waals surface area (Å²) in [6.07, 6.45) is -1.96.